The summed E-state index contributed by atoms with van der Waals surface area (Å²) in [7, 11) is 0. The molecule has 1 saturated heterocycles. The van der Waals surface area contributed by atoms with Gasteiger partial charge in [0.1, 0.15) is 5.60 Å². The average Bonchev–Trinajstić information content (AvgIpc) is 2.30. The van der Waals surface area contributed by atoms with Gasteiger partial charge < -0.3 is 15.4 Å². The SMILES string of the molecule is CC(C)(C)OC(=O)N[C@@]1(C)CCNC1.Cl. The lowest BCUT2D eigenvalue weighted by atomic mass is 10.0. The van der Waals surface area contributed by atoms with Crippen molar-refractivity contribution in [3.8, 4) is 0 Å². The van der Waals surface area contributed by atoms with Crippen LogP contribution in [0.4, 0.5) is 4.79 Å². The summed E-state index contributed by atoms with van der Waals surface area (Å²) in [6.07, 6.45) is 0.621. The number of carbonyl (C=O) groups is 1. The molecule has 15 heavy (non-hydrogen) atoms. The Morgan fingerprint density at radius 3 is 2.47 bits per heavy atom. The van der Waals surface area contributed by atoms with Crippen molar-refractivity contribution in [1.29, 1.82) is 0 Å². The highest BCUT2D eigenvalue weighted by Crippen LogP contribution is 2.15. The van der Waals surface area contributed by atoms with E-state index in [1.54, 1.807) is 0 Å². The molecule has 1 atom stereocenters. The lowest BCUT2D eigenvalue weighted by Gasteiger charge is -2.27. The third-order valence-corrected chi connectivity index (χ3v) is 2.17. The lowest BCUT2D eigenvalue weighted by molar-refractivity contribution is 0.0472. The van der Waals surface area contributed by atoms with Gasteiger partial charge in [-0.25, -0.2) is 4.79 Å². The van der Waals surface area contributed by atoms with Crippen LogP contribution >= 0.6 is 12.4 Å². The molecule has 1 heterocycles. The first-order valence-electron chi connectivity index (χ1n) is 5.03. The molecule has 0 bridgehead atoms. The predicted octanol–water partition coefficient (Wildman–Crippen LogP) is 1.68. The summed E-state index contributed by atoms with van der Waals surface area (Å²) in [5, 5.41) is 6.10. The fourth-order valence-electron chi connectivity index (χ4n) is 1.47. The third-order valence-electron chi connectivity index (χ3n) is 2.17. The van der Waals surface area contributed by atoms with Crippen molar-refractivity contribution in [3.63, 3.8) is 0 Å². The van der Waals surface area contributed by atoms with Gasteiger partial charge in [0.25, 0.3) is 0 Å². The zero-order valence-corrected chi connectivity index (χ0v) is 10.7. The summed E-state index contributed by atoms with van der Waals surface area (Å²) < 4.78 is 5.19. The van der Waals surface area contributed by atoms with Gasteiger partial charge in [0.05, 0.1) is 5.54 Å². The van der Waals surface area contributed by atoms with Crippen LogP contribution in [0.25, 0.3) is 0 Å². The molecule has 1 amide bonds. The van der Waals surface area contributed by atoms with Gasteiger partial charge in [0.15, 0.2) is 0 Å². The monoisotopic (exact) mass is 236 g/mol. The summed E-state index contributed by atoms with van der Waals surface area (Å²) in [5.74, 6) is 0. The van der Waals surface area contributed by atoms with Crippen LogP contribution in [0.3, 0.4) is 0 Å². The van der Waals surface area contributed by atoms with Crippen LogP contribution in [-0.2, 0) is 4.74 Å². The van der Waals surface area contributed by atoms with Crippen LogP contribution in [0, 0.1) is 0 Å². The number of alkyl carbamates (subject to hydrolysis) is 1. The van der Waals surface area contributed by atoms with E-state index in [2.05, 4.69) is 10.6 Å². The minimum absolute atomic E-state index is 0. The van der Waals surface area contributed by atoms with Crippen molar-refractivity contribution in [1.82, 2.24) is 10.6 Å². The van der Waals surface area contributed by atoms with Crippen molar-refractivity contribution in [2.24, 2.45) is 0 Å². The second-order valence-electron chi connectivity index (χ2n) is 5.11. The van der Waals surface area contributed by atoms with Crippen LogP contribution < -0.4 is 10.6 Å². The second kappa shape index (κ2) is 5.03. The van der Waals surface area contributed by atoms with E-state index in [-0.39, 0.29) is 24.0 Å². The molecule has 0 saturated carbocycles. The summed E-state index contributed by atoms with van der Waals surface area (Å²) in [6, 6.07) is 0. The van der Waals surface area contributed by atoms with Gasteiger partial charge in [-0.1, -0.05) is 0 Å². The highest BCUT2D eigenvalue weighted by Gasteiger charge is 2.31. The maximum atomic E-state index is 11.5. The van der Waals surface area contributed by atoms with E-state index in [9.17, 15) is 4.79 Å². The normalized spacial score (nSPS) is 25.6. The van der Waals surface area contributed by atoms with E-state index in [0.29, 0.717) is 0 Å². The van der Waals surface area contributed by atoms with Gasteiger partial charge in [0, 0.05) is 6.54 Å². The molecular formula is C10H21ClN2O2. The van der Waals surface area contributed by atoms with Crippen molar-refractivity contribution in [2.45, 2.75) is 45.3 Å². The van der Waals surface area contributed by atoms with Gasteiger partial charge in [-0.05, 0) is 40.7 Å². The molecule has 0 aliphatic carbocycles. The van der Waals surface area contributed by atoms with E-state index < -0.39 is 5.60 Å². The number of carbonyl (C=O) groups excluding carboxylic acids is 1. The third kappa shape index (κ3) is 5.23. The van der Waals surface area contributed by atoms with E-state index >= 15 is 0 Å². The molecule has 4 nitrogen and oxygen atoms in total. The molecule has 90 valence electrons. The molecule has 1 fully saturated rings. The molecule has 1 aliphatic heterocycles. The smallest absolute Gasteiger partial charge is 0.408 e. The Labute approximate surface area is 97.5 Å². The van der Waals surface area contributed by atoms with Crippen LogP contribution in [0.5, 0.6) is 0 Å². The fourth-order valence-corrected chi connectivity index (χ4v) is 1.47. The minimum atomic E-state index is -0.424. The Hall–Kier alpha value is -0.480. The molecule has 0 aromatic carbocycles. The molecule has 0 aromatic rings. The van der Waals surface area contributed by atoms with Crippen LogP contribution in [-0.4, -0.2) is 30.3 Å². The first-order chi connectivity index (χ1) is 6.31. The van der Waals surface area contributed by atoms with Crippen molar-refractivity contribution in [2.75, 3.05) is 13.1 Å². The number of rotatable bonds is 1. The maximum absolute atomic E-state index is 11.5. The molecule has 1 aliphatic rings. The first-order valence-corrected chi connectivity index (χ1v) is 5.03. The van der Waals surface area contributed by atoms with Crippen molar-refractivity contribution in [3.05, 3.63) is 0 Å². The first kappa shape index (κ1) is 14.5. The van der Waals surface area contributed by atoms with Crippen LogP contribution in [0.2, 0.25) is 0 Å². The topological polar surface area (TPSA) is 50.4 Å². The van der Waals surface area contributed by atoms with Gasteiger partial charge in [-0.3, -0.25) is 0 Å². The highest BCUT2D eigenvalue weighted by molar-refractivity contribution is 5.85. The molecule has 0 unspecified atom stereocenters. The fraction of sp³-hybridized carbons (Fsp3) is 0.900. The quantitative estimate of drug-likeness (QED) is 0.729. The van der Waals surface area contributed by atoms with Gasteiger partial charge in [-0.15, -0.1) is 12.4 Å². The van der Waals surface area contributed by atoms with Gasteiger partial charge in [-0.2, -0.15) is 0 Å². The number of ether oxygens (including phenoxy) is 1. The van der Waals surface area contributed by atoms with Crippen molar-refractivity contribution < 1.29 is 9.53 Å². The molecule has 0 spiro atoms. The summed E-state index contributed by atoms with van der Waals surface area (Å²) >= 11 is 0. The predicted molar refractivity (Wildman–Crippen MR) is 62.5 cm³/mol. The largest absolute Gasteiger partial charge is 0.444 e. The maximum Gasteiger partial charge on any atom is 0.408 e. The second-order valence-corrected chi connectivity index (χ2v) is 5.11. The molecule has 1 rings (SSSR count). The zero-order valence-electron chi connectivity index (χ0n) is 9.85. The Morgan fingerprint density at radius 2 is 2.07 bits per heavy atom. The summed E-state index contributed by atoms with van der Waals surface area (Å²) in [4.78, 5) is 11.5. The Kier molecular flexibility index (Phi) is 4.87. The van der Waals surface area contributed by atoms with Gasteiger partial charge in [0.2, 0.25) is 0 Å². The number of nitrogens with one attached hydrogen (secondary N) is 2. The lowest BCUT2D eigenvalue weighted by Crippen LogP contribution is -2.49. The summed E-state index contributed by atoms with van der Waals surface area (Å²) in [6.45, 7) is 9.38. The van der Waals surface area contributed by atoms with Crippen molar-refractivity contribution >= 4 is 18.5 Å². The van der Waals surface area contributed by atoms with E-state index in [0.717, 1.165) is 19.5 Å². The Balaban J connectivity index is 0.00000196. The average molecular weight is 237 g/mol. The zero-order chi connectivity index (χ0) is 10.8. The van der Waals surface area contributed by atoms with E-state index in [1.807, 2.05) is 27.7 Å². The molecule has 2 N–H and O–H groups in total. The van der Waals surface area contributed by atoms with E-state index in [1.165, 1.54) is 0 Å². The standard InChI is InChI=1S/C10H20N2O2.ClH/c1-9(2,3)14-8(13)12-10(4)5-6-11-7-10;/h11H,5-7H2,1-4H3,(H,12,13);1H/t10-;/m0./s1. The Bertz CT molecular complexity index is 220. The number of amides is 1. The number of halogens is 1. The molecule has 5 heteroatoms. The van der Waals surface area contributed by atoms with Crippen LogP contribution in [0.1, 0.15) is 34.1 Å². The van der Waals surface area contributed by atoms with Crippen LogP contribution in [0.15, 0.2) is 0 Å². The number of hydrogen-bond donors (Lipinski definition) is 2. The van der Waals surface area contributed by atoms with Gasteiger partial charge >= 0.3 is 6.09 Å². The highest BCUT2D eigenvalue weighted by atomic mass is 35.5. The molecule has 0 aromatic heterocycles. The summed E-state index contributed by atoms with van der Waals surface area (Å²) in [5.41, 5.74) is -0.575. The molecular weight excluding hydrogens is 216 g/mol. The Morgan fingerprint density at radius 1 is 1.47 bits per heavy atom. The number of hydrogen-bond acceptors (Lipinski definition) is 3. The minimum Gasteiger partial charge on any atom is -0.444 e. The molecule has 0 radical (unpaired) electrons. The van der Waals surface area contributed by atoms with E-state index in [4.69, 9.17) is 4.74 Å².